The zero-order valence-corrected chi connectivity index (χ0v) is 12.5. The molecule has 0 atom stereocenters. The van der Waals surface area contributed by atoms with Gasteiger partial charge < -0.3 is 5.32 Å². The van der Waals surface area contributed by atoms with Gasteiger partial charge in [-0.15, -0.1) is 6.58 Å². The van der Waals surface area contributed by atoms with Crippen molar-refractivity contribution in [3.8, 4) is 0 Å². The van der Waals surface area contributed by atoms with Crippen LogP contribution in [0.1, 0.15) is 52.4 Å². The van der Waals surface area contributed by atoms with E-state index in [2.05, 4.69) is 31.8 Å². The fourth-order valence-corrected chi connectivity index (χ4v) is 1.59. The number of carbonyl (C=O) groups excluding carboxylic acids is 1. The zero-order chi connectivity index (χ0) is 14.3. The number of hydrogen-bond acceptors (Lipinski definition) is 1. The fraction of sp³-hybridized carbons (Fsp3) is 0.588. The molecule has 1 N–H and O–H groups in total. The maximum atomic E-state index is 11.3. The summed E-state index contributed by atoms with van der Waals surface area (Å²) in [6, 6.07) is 0. The highest BCUT2D eigenvalue weighted by atomic mass is 16.1. The summed E-state index contributed by atoms with van der Waals surface area (Å²) in [6.07, 6.45) is 16.7. The second kappa shape index (κ2) is 13.1. The van der Waals surface area contributed by atoms with Crippen molar-refractivity contribution in [2.75, 3.05) is 6.54 Å². The Labute approximate surface area is 118 Å². The average Bonchev–Trinajstić information content (AvgIpc) is 2.38. The van der Waals surface area contributed by atoms with Gasteiger partial charge in [-0.05, 0) is 31.6 Å². The summed E-state index contributed by atoms with van der Waals surface area (Å²) in [7, 11) is 0. The number of allylic oxidation sites excluding steroid dienone is 4. The molecule has 0 radical (unpaired) electrons. The summed E-state index contributed by atoms with van der Waals surface area (Å²) < 4.78 is 0. The fourth-order valence-electron chi connectivity index (χ4n) is 1.59. The summed E-state index contributed by atoms with van der Waals surface area (Å²) >= 11 is 0. The second-order valence-electron chi connectivity index (χ2n) is 5.21. The van der Waals surface area contributed by atoms with Crippen LogP contribution in [0.5, 0.6) is 0 Å². The number of rotatable bonds is 11. The van der Waals surface area contributed by atoms with Crippen molar-refractivity contribution < 1.29 is 4.79 Å². The minimum Gasteiger partial charge on any atom is -0.352 e. The summed E-state index contributed by atoms with van der Waals surface area (Å²) in [6.45, 7) is 8.61. The predicted molar refractivity (Wildman–Crippen MR) is 84.0 cm³/mol. The lowest BCUT2D eigenvalue weighted by atomic mass is 10.1. The smallest absolute Gasteiger partial charge is 0.243 e. The molecule has 0 unspecified atom stereocenters. The first kappa shape index (κ1) is 17.7. The molecule has 19 heavy (non-hydrogen) atoms. The first-order chi connectivity index (χ1) is 9.16. The Morgan fingerprint density at radius 2 is 1.79 bits per heavy atom. The quantitative estimate of drug-likeness (QED) is 0.254. The predicted octanol–water partition coefficient (Wildman–Crippen LogP) is 4.40. The van der Waals surface area contributed by atoms with E-state index in [0.717, 1.165) is 19.4 Å². The summed E-state index contributed by atoms with van der Waals surface area (Å²) in [5.74, 6) is 0.483. The number of hydrogen-bond donors (Lipinski definition) is 1. The third-order valence-electron chi connectivity index (χ3n) is 2.71. The van der Waals surface area contributed by atoms with Gasteiger partial charge in [0, 0.05) is 12.6 Å². The van der Waals surface area contributed by atoms with Gasteiger partial charge in [-0.1, -0.05) is 51.0 Å². The number of unbranched alkanes of at least 4 members (excludes halogenated alkanes) is 5. The maximum Gasteiger partial charge on any atom is 0.243 e. The lowest BCUT2D eigenvalue weighted by Gasteiger charge is -2.03. The molecule has 0 spiro atoms. The van der Waals surface area contributed by atoms with E-state index < -0.39 is 0 Å². The first-order valence-corrected chi connectivity index (χ1v) is 7.38. The average molecular weight is 263 g/mol. The first-order valence-electron chi connectivity index (χ1n) is 7.38. The zero-order valence-electron chi connectivity index (χ0n) is 12.5. The third-order valence-corrected chi connectivity index (χ3v) is 2.71. The van der Waals surface area contributed by atoms with Crippen LogP contribution in [-0.2, 0) is 4.79 Å². The van der Waals surface area contributed by atoms with E-state index in [-0.39, 0.29) is 5.91 Å². The van der Waals surface area contributed by atoms with E-state index >= 15 is 0 Å². The molecule has 0 saturated carbocycles. The molecular formula is C17H29NO. The van der Waals surface area contributed by atoms with Crippen molar-refractivity contribution in [2.45, 2.75) is 52.4 Å². The number of carbonyl (C=O) groups is 1. The van der Waals surface area contributed by atoms with E-state index in [1.165, 1.54) is 25.7 Å². The van der Waals surface area contributed by atoms with Gasteiger partial charge >= 0.3 is 0 Å². The van der Waals surface area contributed by atoms with Gasteiger partial charge in [0.2, 0.25) is 5.91 Å². The van der Waals surface area contributed by atoms with Gasteiger partial charge in [-0.3, -0.25) is 4.79 Å². The molecule has 0 heterocycles. The van der Waals surface area contributed by atoms with Gasteiger partial charge in [-0.25, -0.2) is 0 Å². The monoisotopic (exact) mass is 263 g/mol. The maximum absolute atomic E-state index is 11.3. The van der Waals surface area contributed by atoms with Crippen LogP contribution in [0.15, 0.2) is 37.0 Å². The summed E-state index contributed by atoms with van der Waals surface area (Å²) in [5, 5.41) is 2.85. The Balaban J connectivity index is 3.46. The SMILES string of the molecule is C=CCCCCCC/C=C/C=C/C(=O)NCC(C)C. The molecule has 0 aromatic heterocycles. The van der Waals surface area contributed by atoms with Crippen molar-refractivity contribution in [1.29, 1.82) is 0 Å². The molecule has 2 heteroatoms. The second-order valence-corrected chi connectivity index (χ2v) is 5.21. The van der Waals surface area contributed by atoms with Crippen molar-refractivity contribution in [3.63, 3.8) is 0 Å². The van der Waals surface area contributed by atoms with Crippen LogP contribution >= 0.6 is 0 Å². The molecule has 2 nitrogen and oxygen atoms in total. The van der Waals surface area contributed by atoms with Crippen molar-refractivity contribution in [1.82, 2.24) is 5.32 Å². The lowest BCUT2D eigenvalue weighted by molar-refractivity contribution is -0.116. The Bertz CT molecular complexity index is 290. The van der Waals surface area contributed by atoms with Crippen molar-refractivity contribution >= 4 is 5.91 Å². The molecule has 0 aliphatic heterocycles. The van der Waals surface area contributed by atoms with Crippen molar-refractivity contribution in [3.05, 3.63) is 37.0 Å². The van der Waals surface area contributed by atoms with Crippen LogP contribution in [0, 0.1) is 5.92 Å². The normalized spacial score (nSPS) is 11.5. The Morgan fingerprint density at radius 3 is 2.42 bits per heavy atom. The lowest BCUT2D eigenvalue weighted by Crippen LogP contribution is -2.25. The molecule has 0 rings (SSSR count). The van der Waals surface area contributed by atoms with Crippen LogP contribution < -0.4 is 5.32 Å². The highest BCUT2D eigenvalue weighted by Gasteiger charge is 1.95. The number of amides is 1. The van der Waals surface area contributed by atoms with Gasteiger partial charge in [0.25, 0.3) is 0 Å². The molecule has 108 valence electrons. The Hall–Kier alpha value is -1.31. The Kier molecular flexibility index (Phi) is 12.2. The van der Waals surface area contributed by atoms with Crippen molar-refractivity contribution in [2.24, 2.45) is 5.92 Å². The molecule has 0 bridgehead atoms. The molecule has 0 fully saturated rings. The van der Waals surface area contributed by atoms with E-state index in [0.29, 0.717) is 5.92 Å². The molecule has 0 aliphatic carbocycles. The molecule has 1 amide bonds. The topological polar surface area (TPSA) is 29.1 Å². The molecule has 0 aromatic carbocycles. The Morgan fingerprint density at radius 1 is 1.11 bits per heavy atom. The van der Waals surface area contributed by atoms with Gasteiger partial charge in [0.05, 0.1) is 0 Å². The van der Waals surface area contributed by atoms with E-state index in [9.17, 15) is 4.79 Å². The van der Waals surface area contributed by atoms with Crippen LogP contribution in [0.3, 0.4) is 0 Å². The standard InChI is InChI=1S/C17H29NO/c1-4-5-6-7-8-9-10-11-12-13-14-17(19)18-15-16(2)3/h4,11-14,16H,1,5-10,15H2,2-3H3,(H,18,19)/b12-11+,14-13+. The van der Waals surface area contributed by atoms with Gasteiger partial charge in [-0.2, -0.15) is 0 Å². The minimum atomic E-state index is -0.0113. The summed E-state index contributed by atoms with van der Waals surface area (Å²) in [5.41, 5.74) is 0. The molecule has 0 aromatic rings. The van der Waals surface area contributed by atoms with Crippen LogP contribution in [0.2, 0.25) is 0 Å². The molecule has 0 saturated heterocycles. The minimum absolute atomic E-state index is 0.0113. The highest BCUT2D eigenvalue weighted by Crippen LogP contribution is 2.05. The van der Waals surface area contributed by atoms with Crippen LogP contribution in [0.25, 0.3) is 0 Å². The summed E-state index contributed by atoms with van der Waals surface area (Å²) in [4.78, 5) is 11.3. The van der Waals surface area contributed by atoms with E-state index in [1.807, 2.05) is 18.2 Å². The van der Waals surface area contributed by atoms with E-state index in [1.54, 1.807) is 6.08 Å². The third kappa shape index (κ3) is 14.6. The largest absolute Gasteiger partial charge is 0.352 e. The molecule has 0 aliphatic rings. The van der Waals surface area contributed by atoms with Gasteiger partial charge in [0.1, 0.15) is 0 Å². The van der Waals surface area contributed by atoms with Crippen LogP contribution in [-0.4, -0.2) is 12.5 Å². The van der Waals surface area contributed by atoms with Gasteiger partial charge in [0.15, 0.2) is 0 Å². The van der Waals surface area contributed by atoms with Crippen LogP contribution in [0.4, 0.5) is 0 Å². The molecular weight excluding hydrogens is 234 g/mol. The number of nitrogens with one attached hydrogen (secondary N) is 1. The highest BCUT2D eigenvalue weighted by molar-refractivity contribution is 5.87. The van der Waals surface area contributed by atoms with E-state index in [4.69, 9.17) is 0 Å².